The first-order chi connectivity index (χ1) is 8.29. The SMILES string of the molecule is CCc1ccsc1CNC(=O)NC1CCOC1. The van der Waals surface area contributed by atoms with E-state index in [0.717, 1.165) is 19.4 Å². The third kappa shape index (κ3) is 3.44. The van der Waals surface area contributed by atoms with Gasteiger partial charge in [-0.05, 0) is 29.9 Å². The lowest BCUT2D eigenvalue weighted by Crippen LogP contribution is -2.42. The van der Waals surface area contributed by atoms with Gasteiger partial charge in [-0.25, -0.2) is 4.79 Å². The minimum atomic E-state index is -0.101. The molecule has 2 rings (SSSR count). The molecule has 5 heteroatoms. The molecule has 0 saturated carbocycles. The number of rotatable bonds is 4. The topological polar surface area (TPSA) is 50.4 Å². The Bertz CT molecular complexity index is 372. The van der Waals surface area contributed by atoms with Crippen molar-refractivity contribution in [3.63, 3.8) is 0 Å². The Labute approximate surface area is 105 Å². The van der Waals surface area contributed by atoms with Crippen molar-refractivity contribution in [2.45, 2.75) is 32.4 Å². The number of amides is 2. The molecule has 1 unspecified atom stereocenters. The molecule has 0 radical (unpaired) electrons. The number of carbonyl (C=O) groups excluding carboxylic acids is 1. The fourth-order valence-corrected chi connectivity index (χ4v) is 2.80. The Morgan fingerprint density at radius 3 is 3.24 bits per heavy atom. The summed E-state index contributed by atoms with van der Waals surface area (Å²) in [5.74, 6) is 0. The fraction of sp³-hybridized carbons (Fsp3) is 0.583. The molecule has 94 valence electrons. The lowest BCUT2D eigenvalue weighted by atomic mass is 10.2. The molecule has 2 amide bonds. The Hall–Kier alpha value is -1.07. The van der Waals surface area contributed by atoms with Crippen LogP contribution in [0.25, 0.3) is 0 Å². The average Bonchev–Trinajstić information content (AvgIpc) is 2.96. The van der Waals surface area contributed by atoms with Gasteiger partial charge in [0.15, 0.2) is 0 Å². The molecule has 1 fully saturated rings. The van der Waals surface area contributed by atoms with Gasteiger partial charge < -0.3 is 15.4 Å². The minimum absolute atomic E-state index is 0.101. The molecule has 0 spiro atoms. The van der Waals surface area contributed by atoms with Gasteiger partial charge in [0, 0.05) is 11.5 Å². The molecule has 4 nitrogen and oxygen atoms in total. The van der Waals surface area contributed by atoms with Crippen molar-refractivity contribution in [3.8, 4) is 0 Å². The van der Waals surface area contributed by atoms with Gasteiger partial charge in [0.1, 0.15) is 0 Å². The summed E-state index contributed by atoms with van der Waals surface area (Å²) in [4.78, 5) is 12.9. The number of urea groups is 1. The molecular weight excluding hydrogens is 236 g/mol. The second-order valence-electron chi connectivity index (χ2n) is 4.11. The first kappa shape index (κ1) is 12.4. The summed E-state index contributed by atoms with van der Waals surface area (Å²) in [5, 5.41) is 7.87. The molecular formula is C12H18N2O2S. The third-order valence-electron chi connectivity index (χ3n) is 2.89. The average molecular weight is 254 g/mol. The van der Waals surface area contributed by atoms with Gasteiger partial charge in [-0.2, -0.15) is 0 Å². The van der Waals surface area contributed by atoms with Crippen LogP contribution in [0.4, 0.5) is 4.79 Å². The first-order valence-electron chi connectivity index (χ1n) is 5.97. The highest BCUT2D eigenvalue weighted by Crippen LogP contribution is 2.16. The van der Waals surface area contributed by atoms with Crippen LogP contribution < -0.4 is 10.6 Å². The van der Waals surface area contributed by atoms with Crippen LogP contribution in [0.1, 0.15) is 23.8 Å². The maximum Gasteiger partial charge on any atom is 0.315 e. The summed E-state index contributed by atoms with van der Waals surface area (Å²) in [6.07, 6.45) is 1.92. The minimum Gasteiger partial charge on any atom is -0.379 e. The molecule has 1 aromatic rings. The zero-order valence-corrected chi connectivity index (χ0v) is 10.8. The maximum absolute atomic E-state index is 11.6. The van der Waals surface area contributed by atoms with Crippen molar-refractivity contribution in [2.75, 3.05) is 13.2 Å². The summed E-state index contributed by atoms with van der Waals surface area (Å²) >= 11 is 1.69. The Kier molecular flexibility index (Phi) is 4.39. The predicted octanol–water partition coefficient (Wildman–Crippen LogP) is 1.90. The van der Waals surface area contributed by atoms with Crippen molar-refractivity contribution >= 4 is 17.4 Å². The van der Waals surface area contributed by atoms with E-state index in [4.69, 9.17) is 4.74 Å². The highest BCUT2D eigenvalue weighted by atomic mass is 32.1. The monoisotopic (exact) mass is 254 g/mol. The van der Waals surface area contributed by atoms with E-state index < -0.39 is 0 Å². The highest BCUT2D eigenvalue weighted by molar-refractivity contribution is 7.10. The van der Waals surface area contributed by atoms with Crippen LogP contribution >= 0.6 is 11.3 Å². The van der Waals surface area contributed by atoms with Crippen LogP contribution in [0, 0.1) is 0 Å². The molecule has 0 bridgehead atoms. The smallest absolute Gasteiger partial charge is 0.315 e. The van der Waals surface area contributed by atoms with Gasteiger partial charge in [0.25, 0.3) is 0 Å². The van der Waals surface area contributed by atoms with Gasteiger partial charge >= 0.3 is 6.03 Å². The van der Waals surface area contributed by atoms with Gasteiger partial charge in [-0.15, -0.1) is 11.3 Å². The zero-order valence-electron chi connectivity index (χ0n) is 9.99. The highest BCUT2D eigenvalue weighted by Gasteiger charge is 2.17. The normalized spacial score (nSPS) is 19.2. The van der Waals surface area contributed by atoms with Crippen molar-refractivity contribution in [2.24, 2.45) is 0 Å². The Balaban J connectivity index is 1.75. The van der Waals surface area contributed by atoms with Gasteiger partial charge in [0.05, 0.1) is 19.2 Å². The molecule has 0 aromatic carbocycles. The van der Waals surface area contributed by atoms with Crippen LogP contribution in [0.5, 0.6) is 0 Å². The second-order valence-corrected chi connectivity index (χ2v) is 5.11. The summed E-state index contributed by atoms with van der Waals surface area (Å²) in [6, 6.07) is 2.18. The van der Waals surface area contributed by atoms with Crippen LogP contribution in [0.15, 0.2) is 11.4 Å². The lowest BCUT2D eigenvalue weighted by molar-refractivity contribution is 0.188. The lowest BCUT2D eigenvalue weighted by Gasteiger charge is -2.11. The summed E-state index contributed by atoms with van der Waals surface area (Å²) in [6.45, 7) is 4.12. The standard InChI is InChI=1S/C12H18N2O2S/c1-2-9-4-6-17-11(9)7-13-12(15)14-10-3-5-16-8-10/h4,6,10H,2-3,5,7-8H2,1H3,(H2,13,14,15). The molecule has 1 aromatic heterocycles. The first-order valence-corrected chi connectivity index (χ1v) is 6.85. The summed E-state index contributed by atoms with van der Waals surface area (Å²) < 4.78 is 5.20. The van der Waals surface area contributed by atoms with Crippen LogP contribution in [-0.4, -0.2) is 25.3 Å². The molecule has 1 atom stereocenters. The van der Waals surface area contributed by atoms with E-state index in [2.05, 4.69) is 29.0 Å². The number of ether oxygens (including phenoxy) is 1. The van der Waals surface area contributed by atoms with E-state index in [1.165, 1.54) is 10.4 Å². The van der Waals surface area contributed by atoms with Crippen LogP contribution in [0.2, 0.25) is 0 Å². The van der Waals surface area contributed by atoms with Crippen molar-refractivity contribution < 1.29 is 9.53 Å². The number of aryl methyl sites for hydroxylation is 1. The molecule has 17 heavy (non-hydrogen) atoms. The fourth-order valence-electron chi connectivity index (χ4n) is 1.88. The zero-order chi connectivity index (χ0) is 12.1. The predicted molar refractivity (Wildman–Crippen MR) is 68.3 cm³/mol. The second kappa shape index (κ2) is 6.02. The van der Waals surface area contributed by atoms with Crippen molar-refractivity contribution in [1.29, 1.82) is 0 Å². The van der Waals surface area contributed by atoms with E-state index in [-0.39, 0.29) is 12.1 Å². The summed E-state index contributed by atoms with van der Waals surface area (Å²) in [5.41, 5.74) is 1.32. The molecule has 1 aliphatic heterocycles. The van der Waals surface area contributed by atoms with E-state index in [1.54, 1.807) is 11.3 Å². The Morgan fingerprint density at radius 1 is 1.65 bits per heavy atom. The van der Waals surface area contributed by atoms with E-state index in [1.807, 2.05) is 0 Å². The van der Waals surface area contributed by atoms with Gasteiger partial charge in [0.2, 0.25) is 0 Å². The number of carbonyl (C=O) groups is 1. The maximum atomic E-state index is 11.6. The van der Waals surface area contributed by atoms with Crippen LogP contribution in [-0.2, 0) is 17.7 Å². The van der Waals surface area contributed by atoms with Gasteiger partial charge in [-0.1, -0.05) is 6.92 Å². The molecule has 1 saturated heterocycles. The van der Waals surface area contributed by atoms with E-state index in [0.29, 0.717) is 13.2 Å². The number of hydrogen-bond acceptors (Lipinski definition) is 3. The van der Waals surface area contributed by atoms with E-state index in [9.17, 15) is 4.79 Å². The molecule has 0 aliphatic carbocycles. The molecule has 2 N–H and O–H groups in total. The van der Waals surface area contributed by atoms with Crippen molar-refractivity contribution in [3.05, 3.63) is 21.9 Å². The molecule has 2 heterocycles. The Morgan fingerprint density at radius 2 is 2.53 bits per heavy atom. The largest absolute Gasteiger partial charge is 0.379 e. The van der Waals surface area contributed by atoms with Gasteiger partial charge in [-0.3, -0.25) is 0 Å². The number of nitrogens with one attached hydrogen (secondary N) is 2. The van der Waals surface area contributed by atoms with Crippen molar-refractivity contribution in [1.82, 2.24) is 10.6 Å². The third-order valence-corrected chi connectivity index (χ3v) is 3.86. The summed E-state index contributed by atoms with van der Waals surface area (Å²) in [7, 11) is 0. The van der Waals surface area contributed by atoms with E-state index >= 15 is 0 Å². The number of thiophene rings is 1. The quantitative estimate of drug-likeness (QED) is 0.862. The number of hydrogen-bond donors (Lipinski definition) is 2. The molecule has 1 aliphatic rings. The van der Waals surface area contributed by atoms with Crippen LogP contribution in [0.3, 0.4) is 0 Å².